The molecule has 0 N–H and O–H groups in total. The highest BCUT2D eigenvalue weighted by Crippen LogP contribution is 2.19. The average Bonchev–Trinajstić information content (AvgIpc) is 2.18. The summed E-state index contributed by atoms with van der Waals surface area (Å²) >= 11 is 0. The van der Waals surface area contributed by atoms with Gasteiger partial charge >= 0.3 is 5.97 Å². The first-order chi connectivity index (χ1) is 6.29. The van der Waals surface area contributed by atoms with Crippen LogP contribution in [0.25, 0.3) is 10.4 Å². The van der Waals surface area contributed by atoms with Gasteiger partial charge in [-0.2, -0.15) is 0 Å². The van der Waals surface area contributed by atoms with E-state index in [9.17, 15) is 4.79 Å². The Morgan fingerprint density at radius 2 is 2.23 bits per heavy atom. The normalized spacial score (nSPS) is 8.69. The Morgan fingerprint density at radius 1 is 1.54 bits per heavy atom. The van der Waals surface area contributed by atoms with Crippen molar-refractivity contribution in [1.29, 1.82) is 0 Å². The molecule has 1 aromatic rings. The molecule has 0 unspecified atom stereocenters. The van der Waals surface area contributed by atoms with Gasteiger partial charge in [-0.3, -0.25) is 0 Å². The molecule has 0 heterocycles. The number of rotatable bonds is 2. The smallest absolute Gasteiger partial charge is 0.338 e. The summed E-state index contributed by atoms with van der Waals surface area (Å²) in [4.78, 5) is 13.7. The van der Waals surface area contributed by atoms with Gasteiger partial charge in [-0.05, 0) is 11.6 Å². The third kappa shape index (κ3) is 1.98. The number of benzene rings is 1. The standard InChI is InChI=1S/C8H7N3O2/c1-13-8(12)6-4-2-3-5-7(6)10-11-9/h2-5H,1H3. The van der Waals surface area contributed by atoms with Gasteiger partial charge in [-0.25, -0.2) is 4.79 Å². The zero-order valence-electron chi connectivity index (χ0n) is 6.97. The highest BCUT2D eigenvalue weighted by Gasteiger charge is 2.08. The fourth-order valence-electron chi connectivity index (χ4n) is 0.892. The van der Waals surface area contributed by atoms with E-state index in [0.29, 0.717) is 0 Å². The number of nitrogens with zero attached hydrogens (tertiary/aromatic N) is 3. The Labute approximate surface area is 74.6 Å². The van der Waals surface area contributed by atoms with Gasteiger partial charge in [0.2, 0.25) is 0 Å². The lowest BCUT2D eigenvalue weighted by molar-refractivity contribution is 0.0601. The number of azide groups is 1. The van der Waals surface area contributed by atoms with Gasteiger partial charge in [-0.15, -0.1) is 0 Å². The van der Waals surface area contributed by atoms with Crippen LogP contribution in [0.5, 0.6) is 0 Å². The van der Waals surface area contributed by atoms with Crippen LogP contribution in [-0.4, -0.2) is 13.1 Å². The molecular weight excluding hydrogens is 170 g/mol. The zero-order chi connectivity index (χ0) is 9.68. The van der Waals surface area contributed by atoms with Crippen molar-refractivity contribution >= 4 is 11.7 Å². The first-order valence-electron chi connectivity index (χ1n) is 3.52. The van der Waals surface area contributed by atoms with Crippen LogP contribution in [0.4, 0.5) is 5.69 Å². The number of methoxy groups -OCH3 is 1. The highest BCUT2D eigenvalue weighted by atomic mass is 16.5. The van der Waals surface area contributed by atoms with E-state index in [4.69, 9.17) is 5.53 Å². The van der Waals surface area contributed by atoms with Crippen molar-refractivity contribution < 1.29 is 9.53 Å². The van der Waals surface area contributed by atoms with E-state index in [1.807, 2.05) is 0 Å². The topological polar surface area (TPSA) is 75.1 Å². The fraction of sp³-hybridized carbons (Fsp3) is 0.125. The predicted molar refractivity (Wildman–Crippen MR) is 46.6 cm³/mol. The molecule has 0 fully saturated rings. The number of hydrogen-bond donors (Lipinski definition) is 0. The fourth-order valence-corrected chi connectivity index (χ4v) is 0.892. The van der Waals surface area contributed by atoms with Crippen molar-refractivity contribution in [2.75, 3.05) is 7.11 Å². The summed E-state index contributed by atoms with van der Waals surface area (Å²) in [6, 6.07) is 6.43. The molecule has 0 bridgehead atoms. The lowest BCUT2D eigenvalue weighted by atomic mass is 10.2. The van der Waals surface area contributed by atoms with Crippen molar-refractivity contribution in [2.24, 2.45) is 5.11 Å². The monoisotopic (exact) mass is 177 g/mol. The van der Waals surface area contributed by atoms with E-state index in [-0.39, 0.29) is 11.3 Å². The van der Waals surface area contributed by atoms with Gasteiger partial charge < -0.3 is 4.74 Å². The molecule has 0 atom stereocenters. The summed E-state index contributed by atoms with van der Waals surface area (Å²) in [7, 11) is 1.27. The maximum Gasteiger partial charge on any atom is 0.338 e. The third-order valence-corrected chi connectivity index (χ3v) is 1.46. The van der Waals surface area contributed by atoms with E-state index in [1.165, 1.54) is 13.2 Å². The highest BCUT2D eigenvalue weighted by molar-refractivity contribution is 5.94. The van der Waals surface area contributed by atoms with Crippen LogP contribution in [0.3, 0.4) is 0 Å². The minimum absolute atomic E-state index is 0.266. The van der Waals surface area contributed by atoms with Crippen molar-refractivity contribution in [2.45, 2.75) is 0 Å². The molecule has 0 aliphatic heterocycles. The first kappa shape index (κ1) is 9.09. The molecule has 0 saturated carbocycles. The Balaban J connectivity index is 3.18. The molecule has 0 aliphatic rings. The number of ether oxygens (including phenoxy) is 1. The van der Waals surface area contributed by atoms with E-state index in [2.05, 4.69) is 14.8 Å². The van der Waals surface area contributed by atoms with E-state index in [0.717, 1.165) is 0 Å². The Morgan fingerprint density at radius 3 is 2.85 bits per heavy atom. The second-order valence-corrected chi connectivity index (χ2v) is 2.20. The molecular formula is C8H7N3O2. The lowest BCUT2D eigenvalue weighted by Gasteiger charge is -2.00. The SMILES string of the molecule is COC(=O)c1ccccc1N=[N+]=[N-]. The summed E-state index contributed by atoms with van der Waals surface area (Å²) in [6.07, 6.45) is 0. The number of carbonyl (C=O) groups is 1. The molecule has 1 aromatic carbocycles. The van der Waals surface area contributed by atoms with Crippen molar-refractivity contribution in [1.82, 2.24) is 0 Å². The molecule has 66 valence electrons. The Bertz CT molecular complexity index is 369. The summed E-state index contributed by atoms with van der Waals surface area (Å²) < 4.78 is 4.50. The number of hydrogen-bond acceptors (Lipinski definition) is 3. The quantitative estimate of drug-likeness (QED) is 0.301. The average molecular weight is 177 g/mol. The van der Waals surface area contributed by atoms with Crippen molar-refractivity contribution in [3.63, 3.8) is 0 Å². The molecule has 13 heavy (non-hydrogen) atoms. The summed E-state index contributed by atoms with van der Waals surface area (Å²) in [6.45, 7) is 0. The van der Waals surface area contributed by atoms with Crippen LogP contribution in [0, 0.1) is 0 Å². The second kappa shape index (κ2) is 4.13. The molecule has 0 amide bonds. The molecule has 0 aliphatic carbocycles. The van der Waals surface area contributed by atoms with Crippen LogP contribution in [0.2, 0.25) is 0 Å². The summed E-state index contributed by atoms with van der Waals surface area (Å²) in [5.74, 6) is -0.511. The van der Waals surface area contributed by atoms with E-state index < -0.39 is 5.97 Å². The third-order valence-electron chi connectivity index (χ3n) is 1.46. The van der Waals surface area contributed by atoms with Gasteiger partial charge in [0.25, 0.3) is 0 Å². The predicted octanol–water partition coefficient (Wildman–Crippen LogP) is 2.42. The van der Waals surface area contributed by atoms with Crippen molar-refractivity contribution in [3.05, 3.63) is 40.3 Å². The van der Waals surface area contributed by atoms with Crippen LogP contribution < -0.4 is 0 Å². The molecule has 1 rings (SSSR count). The van der Waals surface area contributed by atoms with Gasteiger partial charge in [0.05, 0.1) is 18.4 Å². The Hall–Kier alpha value is -2.00. The van der Waals surface area contributed by atoms with Gasteiger partial charge in [0.15, 0.2) is 0 Å². The van der Waals surface area contributed by atoms with Crippen LogP contribution in [0.1, 0.15) is 10.4 Å². The summed E-state index contributed by atoms with van der Waals surface area (Å²) in [5, 5.41) is 3.36. The van der Waals surface area contributed by atoms with Crippen LogP contribution in [0.15, 0.2) is 29.4 Å². The Kier molecular flexibility index (Phi) is 2.89. The zero-order valence-corrected chi connectivity index (χ0v) is 6.97. The molecule has 0 aromatic heterocycles. The van der Waals surface area contributed by atoms with Gasteiger partial charge in [0.1, 0.15) is 0 Å². The number of carbonyl (C=O) groups excluding carboxylic acids is 1. The van der Waals surface area contributed by atoms with Crippen LogP contribution in [-0.2, 0) is 4.74 Å². The van der Waals surface area contributed by atoms with Gasteiger partial charge in [0, 0.05) is 4.91 Å². The van der Waals surface area contributed by atoms with E-state index >= 15 is 0 Å². The minimum atomic E-state index is -0.511. The van der Waals surface area contributed by atoms with E-state index in [1.54, 1.807) is 18.2 Å². The summed E-state index contributed by atoms with van der Waals surface area (Å²) in [5.41, 5.74) is 8.75. The van der Waals surface area contributed by atoms with Gasteiger partial charge in [-0.1, -0.05) is 23.3 Å². The maximum atomic E-state index is 11.1. The molecule has 5 heteroatoms. The lowest BCUT2D eigenvalue weighted by Crippen LogP contribution is -2.00. The molecule has 0 spiro atoms. The molecule has 5 nitrogen and oxygen atoms in total. The maximum absolute atomic E-state index is 11.1. The minimum Gasteiger partial charge on any atom is -0.465 e. The van der Waals surface area contributed by atoms with Crippen molar-refractivity contribution in [3.8, 4) is 0 Å². The second-order valence-electron chi connectivity index (χ2n) is 2.20. The first-order valence-corrected chi connectivity index (χ1v) is 3.52. The number of esters is 1. The van der Waals surface area contributed by atoms with Crippen LogP contribution >= 0.6 is 0 Å². The largest absolute Gasteiger partial charge is 0.465 e. The molecule has 0 radical (unpaired) electrons. The molecule has 0 saturated heterocycles.